The fourth-order valence-electron chi connectivity index (χ4n) is 2.13. The van der Waals surface area contributed by atoms with Crippen LogP contribution in [0.3, 0.4) is 0 Å². The Morgan fingerprint density at radius 3 is 2.27 bits per heavy atom. The van der Waals surface area contributed by atoms with E-state index >= 15 is 0 Å². The van der Waals surface area contributed by atoms with Crippen molar-refractivity contribution in [1.29, 1.82) is 0 Å². The number of hydrogen-bond donors (Lipinski definition) is 2. The first-order chi connectivity index (χ1) is 14.0. The third-order valence-electron chi connectivity index (χ3n) is 3.47. The van der Waals surface area contributed by atoms with Gasteiger partial charge < -0.3 is 0 Å². The van der Waals surface area contributed by atoms with E-state index in [9.17, 15) is 35.6 Å². The monoisotopic (exact) mass is 449 g/mol. The number of anilines is 1. The second-order valence-electron chi connectivity index (χ2n) is 5.76. The van der Waals surface area contributed by atoms with Crippen LogP contribution in [0, 0.1) is 11.6 Å². The number of halogens is 4. The van der Waals surface area contributed by atoms with Crippen molar-refractivity contribution in [3.8, 4) is 0 Å². The molecule has 2 N–H and O–H groups in total. The molecule has 0 radical (unpaired) electrons. The Hall–Kier alpha value is -2.99. The number of rotatable bonds is 7. The molecule has 2 aromatic carbocycles. The Bertz CT molecular complexity index is 987. The lowest BCUT2D eigenvalue weighted by molar-refractivity contribution is -0.132. The summed E-state index contributed by atoms with van der Waals surface area (Å²) in [4.78, 5) is 20.4. The molecule has 0 aliphatic rings. The van der Waals surface area contributed by atoms with Gasteiger partial charge in [-0.2, -0.15) is 8.78 Å². The topological polar surface area (TPSA) is 95.6 Å². The van der Waals surface area contributed by atoms with Crippen LogP contribution in [-0.2, 0) is 21.4 Å². The molecule has 7 nitrogen and oxygen atoms in total. The van der Waals surface area contributed by atoms with Gasteiger partial charge in [0.15, 0.2) is 0 Å². The largest absolute Gasteiger partial charge is 0.316 e. The molecule has 0 bridgehead atoms. The van der Waals surface area contributed by atoms with Crippen LogP contribution in [0.1, 0.15) is 15.9 Å². The fourth-order valence-corrected chi connectivity index (χ4v) is 3.00. The van der Waals surface area contributed by atoms with E-state index < -0.39 is 34.0 Å². The summed E-state index contributed by atoms with van der Waals surface area (Å²) in [7, 11) is -2.40. The highest BCUT2D eigenvalue weighted by Gasteiger charge is 2.20. The minimum absolute atomic E-state index is 0.0836. The second kappa shape index (κ2) is 11.3. The zero-order valence-corrected chi connectivity index (χ0v) is 16.7. The van der Waals surface area contributed by atoms with E-state index in [0.29, 0.717) is 6.29 Å². The van der Waals surface area contributed by atoms with E-state index in [2.05, 4.69) is 5.43 Å². The summed E-state index contributed by atoms with van der Waals surface area (Å²) in [6, 6.07) is 8.76. The van der Waals surface area contributed by atoms with E-state index in [1.807, 2.05) is 0 Å². The summed E-state index contributed by atoms with van der Waals surface area (Å²) in [5, 5.41) is 0. The number of amides is 1. The number of alkyl halides is 2. The smallest absolute Gasteiger partial charge is 0.298 e. The van der Waals surface area contributed by atoms with Gasteiger partial charge in [-0.25, -0.2) is 22.6 Å². The van der Waals surface area contributed by atoms with Crippen LogP contribution in [0.2, 0.25) is 0 Å². The van der Waals surface area contributed by atoms with E-state index in [1.54, 1.807) is 5.43 Å². The van der Waals surface area contributed by atoms with Gasteiger partial charge in [0.25, 0.3) is 0 Å². The number of hydrazine groups is 1. The Labute approximate surface area is 170 Å². The number of nitrogens with one attached hydrogen (secondary N) is 2. The molecule has 0 saturated heterocycles. The number of aldehydes is 1. The van der Waals surface area contributed by atoms with Gasteiger partial charge >= 0.3 is 12.3 Å². The summed E-state index contributed by atoms with van der Waals surface area (Å²) >= 11 is 0. The Morgan fingerprint density at radius 1 is 1.17 bits per heavy atom. The van der Waals surface area contributed by atoms with Crippen LogP contribution in [0.4, 0.5) is 23.2 Å². The first-order valence-electron chi connectivity index (χ1n) is 8.21. The predicted molar refractivity (Wildman–Crippen MR) is 102 cm³/mol. The summed E-state index contributed by atoms with van der Waals surface area (Å²) in [5.41, 5.74) is 4.11. The molecule has 0 unspecified atom stereocenters. The van der Waals surface area contributed by atoms with Crippen molar-refractivity contribution in [3.63, 3.8) is 0 Å². The van der Waals surface area contributed by atoms with E-state index in [-0.39, 0.29) is 23.4 Å². The second-order valence-corrected chi connectivity index (χ2v) is 7.66. The van der Waals surface area contributed by atoms with Crippen molar-refractivity contribution in [2.75, 3.05) is 17.6 Å². The molecular weight excluding hydrogens is 430 g/mol. The molecule has 0 spiro atoms. The molecular formula is C18H19F4N3O4S. The van der Waals surface area contributed by atoms with Gasteiger partial charge in [-0.1, -0.05) is 18.2 Å². The molecule has 0 atom stereocenters. The van der Waals surface area contributed by atoms with Crippen molar-refractivity contribution in [1.82, 2.24) is 10.9 Å². The quantitative estimate of drug-likeness (QED) is 0.384. The number of carbonyl (C=O) groups excluding carboxylic acids is 2. The average molecular weight is 449 g/mol. The molecule has 0 saturated carbocycles. The number of nitrogens with zero attached hydrogens (tertiary/aromatic N) is 1. The van der Waals surface area contributed by atoms with Gasteiger partial charge in [-0.15, -0.1) is 0 Å². The average Bonchev–Trinajstić information content (AvgIpc) is 2.66. The normalized spacial score (nSPS) is 10.8. The Balaban J connectivity index is 0.000000479. The lowest BCUT2D eigenvalue weighted by atomic mass is 10.1. The van der Waals surface area contributed by atoms with Gasteiger partial charge in [-0.3, -0.25) is 19.3 Å². The minimum Gasteiger partial charge on any atom is -0.298 e. The molecule has 0 fully saturated rings. The summed E-state index contributed by atoms with van der Waals surface area (Å²) in [6.45, 7) is -0.298. The fraction of sp³-hybridized carbons (Fsp3) is 0.222. The van der Waals surface area contributed by atoms with E-state index in [1.165, 1.54) is 37.4 Å². The maximum Gasteiger partial charge on any atom is 0.316 e. The van der Waals surface area contributed by atoms with Crippen molar-refractivity contribution in [3.05, 3.63) is 65.2 Å². The van der Waals surface area contributed by atoms with Crippen LogP contribution >= 0.6 is 0 Å². The maximum atomic E-state index is 13.9. The molecule has 0 aromatic heterocycles. The molecule has 2 rings (SSSR count). The van der Waals surface area contributed by atoms with Gasteiger partial charge in [-0.05, 0) is 24.3 Å². The number of carbonyl (C=O) groups is 2. The standard InChI is InChI=1S/C15H13F2NO3S.C3H6F2N2O/c1-22(20,21)18(14-4-2-3-13(16)8-14)9-12-6-5-11(10-19)7-15(12)17;1-6-7-3(8)2(4)5/h2-8,10H,9H2,1H3;2,6H,1H3,(H,7,8). The molecule has 0 aliphatic carbocycles. The van der Waals surface area contributed by atoms with Crippen LogP contribution in [0.15, 0.2) is 42.5 Å². The third kappa shape index (κ3) is 7.79. The van der Waals surface area contributed by atoms with Crippen LogP contribution in [0.5, 0.6) is 0 Å². The summed E-state index contributed by atoms with van der Waals surface area (Å²) in [5.74, 6) is -2.61. The predicted octanol–water partition coefficient (Wildman–Crippen LogP) is 2.25. The molecule has 12 heteroatoms. The SMILES string of the molecule is CNNC(=O)C(F)F.CS(=O)(=O)N(Cc1ccc(C=O)cc1F)c1cccc(F)c1. The first-order valence-corrected chi connectivity index (χ1v) is 10.1. The van der Waals surface area contributed by atoms with Gasteiger partial charge in [0.05, 0.1) is 18.5 Å². The van der Waals surface area contributed by atoms with Crippen molar-refractivity contribution in [2.24, 2.45) is 0 Å². The van der Waals surface area contributed by atoms with E-state index in [0.717, 1.165) is 22.7 Å². The highest BCUT2D eigenvalue weighted by molar-refractivity contribution is 7.92. The number of benzene rings is 2. The Morgan fingerprint density at radius 2 is 1.83 bits per heavy atom. The lowest BCUT2D eigenvalue weighted by Crippen LogP contribution is -2.38. The zero-order chi connectivity index (χ0) is 22.9. The highest BCUT2D eigenvalue weighted by atomic mass is 32.2. The third-order valence-corrected chi connectivity index (χ3v) is 4.61. The van der Waals surface area contributed by atoms with Crippen molar-refractivity contribution in [2.45, 2.75) is 13.0 Å². The van der Waals surface area contributed by atoms with Crippen LogP contribution in [0.25, 0.3) is 0 Å². The molecule has 30 heavy (non-hydrogen) atoms. The summed E-state index contributed by atoms with van der Waals surface area (Å²) < 4.78 is 74.3. The zero-order valence-electron chi connectivity index (χ0n) is 15.9. The molecule has 1 amide bonds. The highest BCUT2D eigenvalue weighted by Crippen LogP contribution is 2.22. The molecule has 164 valence electrons. The van der Waals surface area contributed by atoms with E-state index in [4.69, 9.17) is 0 Å². The van der Waals surface area contributed by atoms with Crippen molar-refractivity contribution >= 4 is 27.9 Å². The maximum absolute atomic E-state index is 13.9. The summed E-state index contributed by atoms with van der Waals surface area (Å²) in [6.07, 6.45) is -1.49. The van der Waals surface area contributed by atoms with Crippen molar-refractivity contribution < 1.29 is 35.6 Å². The first kappa shape index (κ1) is 25.0. The number of sulfonamides is 1. The van der Waals surface area contributed by atoms with Gasteiger partial charge in [0.2, 0.25) is 10.0 Å². The Kier molecular flexibility index (Phi) is 9.40. The lowest BCUT2D eigenvalue weighted by Gasteiger charge is -2.22. The van der Waals surface area contributed by atoms with Gasteiger partial charge in [0, 0.05) is 18.2 Å². The van der Waals surface area contributed by atoms with Gasteiger partial charge in [0.1, 0.15) is 17.9 Å². The number of hydrogen-bond acceptors (Lipinski definition) is 5. The molecule has 2 aromatic rings. The minimum atomic E-state index is -3.73. The molecule has 0 heterocycles. The van der Waals surface area contributed by atoms with Crippen LogP contribution in [-0.4, -0.2) is 40.3 Å². The molecule has 0 aliphatic heterocycles. The van der Waals surface area contributed by atoms with Crippen LogP contribution < -0.4 is 15.2 Å².